The second kappa shape index (κ2) is 7.78. The minimum Gasteiger partial charge on any atom is -0.379 e. The lowest BCUT2D eigenvalue weighted by Crippen LogP contribution is -2.37. The molecule has 3 heteroatoms. The summed E-state index contributed by atoms with van der Waals surface area (Å²) < 4.78 is 5.41. The van der Waals surface area contributed by atoms with E-state index in [9.17, 15) is 0 Å². The van der Waals surface area contributed by atoms with Crippen molar-refractivity contribution in [1.29, 1.82) is 5.26 Å². The number of nitriles is 1. The fourth-order valence-corrected chi connectivity index (χ4v) is 1.05. The summed E-state index contributed by atoms with van der Waals surface area (Å²) in [7, 11) is 0. The molecule has 0 saturated heterocycles. The van der Waals surface area contributed by atoms with Gasteiger partial charge in [0.1, 0.15) is 6.04 Å². The molecule has 0 fully saturated rings. The summed E-state index contributed by atoms with van der Waals surface area (Å²) in [5.74, 6) is 0.661. The first kappa shape index (κ1) is 13.4. The molecule has 0 aliphatic rings. The van der Waals surface area contributed by atoms with E-state index in [1.807, 2.05) is 13.8 Å². The molecule has 14 heavy (non-hydrogen) atoms. The zero-order chi connectivity index (χ0) is 11.0. The monoisotopic (exact) mass is 198 g/mol. The van der Waals surface area contributed by atoms with Crippen molar-refractivity contribution < 1.29 is 4.74 Å². The molecule has 3 nitrogen and oxygen atoms in total. The minimum atomic E-state index is -0.179. The molecule has 0 heterocycles. The highest BCUT2D eigenvalue weighted by molar-refractivity contribution is 4.90. The molecular weight excluding hydrogens is 176 g/mol. The Morgan fingerprint density at radius 1 is 1.29 bits per heavy atom. The average Bonchev–Trinajstić information content (AvgIpc) is 2.09. The van der Waals surface area contributed by atoms with Crippen molar-refractivity contribution in [1.82, 2.24) is 5.32 Å². The first-order chi connectivity index (χ1) is 6.56. The van der Waals surface area contributed by atoms with E-state index < -0.39 is 0 Å². The lowest BCUT2D eigenvalue weighted by Gasteiger charge is -2.14. The van der Waals surface area contributed by atoms with Gasteiger partial charge in [0, 0.05) is 12.6 Å². The van der Waals surface area contributed by atoms with Crippen molar-refractivity contribution in [3.8, 4) is 6.07 Å². The standard InChI is InChI=1S/C11H22N2O/c1-9(2)5-6-14-8-11(7-12)13-10(3)4/h9-11,13H,5-6,8H2,1-4H3. The number of nitrogens with one attached hydrogen (secondary N) is 1. The Hall–Kier alpha value is -0.590. The third-order valence-electron chi connectivity index (χ3n) is 1.81. The van der Waals surface area contributed by atoms with Gasteiger partial charge in [-0.25, -0.2) is 0 Å². The summed E-state index contributed by atoms with van der Waals surface area (Å²) in [6.07, 6.45) is 1.06. The predicted octanol–water partition coefficient (Wildman–Crippen LogP) is 1.94. The zero-order valence-corrected chi connectivity index (χ0v) is 9.71. The maximum absolute atomic E-state index is 8.79. The Kier molecular flexibility index (Phi) is 7.45. The highest BCUT2D eigenvalue weighted by atomic mass is 16.5. The normalized spacial score (nSPS) is 13.2. The summed E-state index contributed by atoms with van der Waals surface area (Å²) >= 11 is 0. The molecule has 1 unspecified atom stereocenters. The Balaban J connectivity index is 3.49. The zero-order valence-electron chi connectivity index (χ0n) is 9.71. The van der Waals surface area contributed by atoms with E-state index in [1.54, 1.807) is 0 Å². The van der Waals surface area contributed by atoms with Gasteiger partial charge < -0.3 is 4.74 Å². The fourth-order valence-electron chi connectivity index (χ4n) is 1.05. The molecule has 0 radical (unpaired) electrons. The molecule has 0 aromatic carbocycles. The van der Waals surface area contributed by atoms with Gasteiger partial charge in [0.05, 0.1) is 12.7 Å². The van der Waals surface area contributed by atoms with Gasteiger partial charge in [-0.3, -0.25) is 5.32 Å². The van der Waals surface area contributed by atoms with Crippen LogP contribution in [0.3, 0.4) is 0 Å². The maximum atomic E-state index is 8.79. The second-order valence-corrected chi connectivity index (χ2v) is 4.26. The van der Waals surface area contributed by atoms with Crippen LogP contribution in [0.4, 0.5) is 0 Å². The molecular formula is C11H22N2O. The van der Waals surface area contributed by atoms with Gasteiger partial charge in [-0.2, -0.15) is 5.26 Å². The molecule has 0 bridgehead atoms. The van der Waals surface area contributed by atoms with E-state index in [4.69, 9.17) is 10.00 Å². The van der Waals surface area contributed by atoms with Crippen LogP contribution in [-0.4, -0.2) is 25.3 Å². The third-order valence-corrected chi connectivity index (χ3v) is 1.81. The molecule has 0 rings (SSSR count). The van der Waals surface area contributed by atoms with E-state index >= 15 is 0 Å². The van der Waals surface area contributed by atoms with Crippen LogP contribution in [-0.2, 0) is 4.74 Å². The maximum Gasteiger partial charge on any atom is 0.119 e. The number of hydrogen-bond donors (Lipinski definition) is 1. The van der Waals surface area contributed by atoms with Crippen LogP contribution >= 0.6 is 0 Å². The number of hydrogen-bond acceptors (Lipinski definition) is 3. The van der Waals surface area contributed by atoms with Gasteiger partial charge in [0.15, 0.2) is 0 Å². The molecule has 82 valence electrons. The first-order valence-electron chi connectivity index (χ1n) is 5.29. The van der Waals surface area contributed by atoms with Gasteiger partial charge in [-0.15, -0.1) is 0 Å². The smallest absolute Gasteiger partial charge is 0.119 e. The van der Waals surface area contributed by atoms with E-state index in [2.05, 4.69) is 25.2 Å². The summed E-state index contributed by atoms with van der Waals surface area (Å²) in [6.45, 7) is 9.61. The SMILES string of the molecule is CC(C)CCOCC(C#N)NC(C)C. The van der Waals surface area contributed by atoms with Crippen LogP contribution in [0.25, 0.3) is 0 Å². The van der Waals surface area contributed by atoms with Crippen LogP contribution in [0.5, 0.6) is 0 Å². The van der Waals surface area contributed by atoms with Crippen molar-refractivity contribution >= 4 is 0 Å². The van der Waals surface area contributed by atoms with Crippen LogP contribution in [0.15, 0.2) is 0 Å². The van der Waals surface area contributed by atoms with Gasteiger partial charge in [0.2, 0.25) is 0 Å². The summed E-state index contributed by atoms with van der Waals surface area (Å²) in [5, 5.41) is 11.9. The number of nitrogens with zero attached hydrogens (tertiary/aromatic N) is 1. The van der Waals surface area contributed by atoms with Gasteiger partial charge in [-0.1, -0.05) is 13.8 Å². The van der Waals surface area contributed by atoms with Crippen molar-refractivity contribution in [3.63, 3.8) is 0 Å². The Bertz CT molecular complexity index is 173. The number of rotatable bonds is 7. The third kappa shape index (κ3) is 8.03. The lowest BCUT2D eigenvalue weighted by molar-refractivity contribution is 0.111. The first-order valence-corrected chi connectivity index (χ1v) is 5.29. The largest absolute Gasteiger partial charge is 0.379 e. The molecule has 0 spiro atoms. The highest BCUT2D eigenvalue weighted by Gasteiger charge is 2.08. The summed E-state index contributed by atoms with van der Waals surface area (Å²) in [4.78, 5) is 0. The van der Waals surface area contributed by atoms with Gasteiger partial charge in [-0.05, 0) is 26.2 Å². The van der Waals surface area contributed by atoms with Crippen molar-refractivity contribution in [2.75, 3.05) is 13.2 Å². The molecule has 0 aliphatic heterocycles. The number of ether oxygens (including phenoxy) is 1. The van der Waals surface area contributed by atoms with Crippen LogP contribution in [0, 0.1) is 17.2 Å². The van der Waals surface area contributed by atoms with Crippen LogP contribution in [0.1, 0.15) is 34.1 Å². The van der Waals surface area contributed by atoms with Crippen LogP contribution < -0.4 is 5.32 Å². The van der Waals surface area contributed by atoms with E-state index in [1.165, 1.54) is 0 Å². The quantitative estimate of drug-likeness (QED) is 0.636. The second-order valence-electron chi connectivity index (χ2n) is 4.26. The van der Waals surface area contributed by atoms with E-state index in [0.29, 0.717) is 18.6 Å². The highest BCUT2D eigenvalue weighted by Crippen LogP contribution is 1.99. The average molecular weight is 198 g/mol. The molecule has 0 amide bonds. The Labute approximate surface area is 87.4 Å². The van der Waals surface area contributed by atoms with Crippen molar-refractivity contribution in [2.24, 2.45) is 5.92 Å². The summed E-state index contributed by atoms with van der Waals surface area (Å²) in [5.41, 5.74) is 0. The molecule has 0 aromatic heterocycles. The molecule has 1 atom stereocenters. The van der Waals surface area contributed by atoms with Crippen LogP contribution in [0.2, 0.25) is 0 Å². The van der Waals surface area contributed by atoms with E-state index in [0.717, 1.165) is 13.0 Å². The topological polar surface area (TPSA) is 45.0 Å². The lowest BCUT2D eigenvalue weighted by atomic mass is 10.1. The minimum absolute atomic E-state index is 0.179. The summed E-state index contributed by atoms with van der Waals surface area (Å²) in [6, 6.07) is 2.33. The molecule has 1 N–H and O–H groups in total. The molecule has 0 aromatic rings. The Morgan fingerprint density at radius 2 is 1.93 bits per heavy atom. The fraction of sp³-hybridized carbons (Fsp3) is 0.909. The van der Waals surface area contributed by atoms with Gasteiger partial charge >= 0.3 is 0 Å². The molecule has 0 saturated carbocycles. The van der Waals surface area contributed by atoms with Crippen molar-refractivity contribution in [3.05, 3.63) is 0 Å². The molecule has 0 aliphatic carbocycles. The van der Waals surface area contributed by atoms with E-state index in [-0.39, 0.29) is 6.04 Å². The Morgan fingerprint density at radius 3 is 2.36 bits per heavy atom. The predicted molar refractivity (Wildman–Crippen MR) is 57.9 cm³/mol. The van der Waals surface area contributed by atoms with Crippen molar-refractivity contribution in [2.45, 2.75) is 46.2 Å². The van der Waals surface area contributed by atoms with Gasteiger partial charge in [0.25, 0.3) is 0 Å².